The molecule has 0 saturated carbocycles. The highest BCUT2D eigenvalue weighted by Crippen LogP contribution is 2.27. The molecule has 0 aliphatic rings. The molecular formula is C11H21N3O2. The normalized spacial score (nSPS) is 15.1. The van der Waals surface area contributed by atoms with Gasteiger partial charge in [-0.2, -0.15) is 4.98 Å². The number of nitrogens with one attached hydrogen (secondary N) is 1. The second kappa shape index (κ2) is 5.30. The van der Waals surface area contributed by atoms with Crippen molar-refractivity contribution >= 4 is 6.01 Å². The molecule has 0 amide bonds. The van der Waals surface area contributed by atoms with Gasteiger partial charge in [-0.3, -0.25) is 0 Å². The van der Waals surface area contributed by atoms with Crippen LogP contribution in [0, 0.1) is 0 Å². The third-order valence-electron chi connectivity index (χ3n) is 2.45. The van der Waals surface area contributed by atoms with Crippen LogP contribution in [-0.4, -0.2) is 22.8 Å². The van der Waals surface area contributed by atoms with Crippen LogP contribution in [0.25, 0.3) is 0 Å². The Kier molecular flexibility index (Phi) is 4.29. The maximum Gasteiger partial charge on any atom is 0.321 e. The van der Waals surface area contributed by atoms with Crippen molar-refractivity contribution in [2.24, 2.45) is 0 Å². The Labute approximate surface area is 96.6 Å². The summed E-state index contributed by atoms with van der Waals surface area (Å²) in [5.74, 6) is 0.597. The largest absolute Gasteiger partial charge is 0.367 e. The van der Waals surface area contributed by atoms with Crippen LogP contribution < -0.4 is 5.32 Å². The van der Waals surface area contributed by atoms with E-state index in [9.17, 15) is 0 Å². The van der Waals surface area contributed by atoms with Crippen molar-refractivity contribution in [2.45, 2.75) is 52.7 Å². The predicted octanol–water partition coefficient (Wildman–Crippen LogP) is 2.55. The van der Waals surface area contributed by atoms with Crippen LogP contribution in [-0.2, 0) is 10.3 Å². The summed E-state index contributed by atoms with van der Waals surface area (Å²) in [7, 11) is 0. The third-order valence-corrected chi connectivity index (χ3v) is 2.45. The van der Waals surface area contributed by atoms with E-state index in [-0.39, 0.29) is 6.04 Å². The molecular weight excluding hydrogens is 206 g/mol. The van der Waals surface area contributed by atoms with Gasteiger partial charge in [-0.05, 0) is 34.1 Å². The smallest absolute Gasteiger partial charge is 0.321 e. The molecule has 1 N–H and O–H groups in total. The minimum atomic E-state index is -0.463. The SMILES string of the molecule is CCOC(C)(CC)c1noc(NC(C)C)n1. The average Bonchev–Trinajstić information content (AvgIpc) is 2.66. The van der Waals surface area contributed by atoms with Crippen molar-refractivity contribution < 1.29 is 9.26 Å². The second-order valence-corrected chi connectivity index (χ2v) is 4.24. The summed E-state index contributed by atoms with van der Waals surface area (Å²) in [5.41, 5.74) is -0.463. The molecule has 5 heteroatoms. The van der Waals surface area contributed by atoms with Crippen molar-refractivity contribution in [1.82, 2.24) is 10.1 Å². The van der Waals surface area contributed by atoms with Gasteiger partial charge in [0.25, 0.3) is 0 Å². The molecule has 1 aromatic heterocycles. The van der Waals surface area contributed by atoms with Crippen LogP contribution >= 0.6 is 0 Å². The third kappa shape index (κ3) is 2.95. The highest BCUT2D eigenvalue weighted by atomic mass is 16.5. The number of nitrogens with zero attached hydrogens (tertiary/aromatic N) is 2. The molecule has 0 saturated heterocycles. The van der Waals surface area contributed by atoms with Gasteiger partial charge in [0.1, 0.15) is 5.60 Å². The molecule has 92 valence electrons. The van der Waals surface area contributed by atoms with Crippen LogP contribution in [0.2, 0.25) is 0 Å². The van der Waals surface area contributed by atoms with E-state index >= 15 is 0 Å². The lowest BCUT2D eigenvalue weighted by atomic mass is 10.0. The topological polar surface area (TPSA) is 60.2 Å². The Balaban J connectivity index is 2.82. The molecule has 0 fully saturated rings. The molecule has 0 aliphatic heterocycles. The zero-order valence-electron chi connectivity index (χ0n) is 10.7. The van der Waals surface area contributed by atoms with Crippen LogP contribution in [0.15, 0.2) is 4.52 Å². The summed E-state index contributed by atoms with van der Waals surface area (Å²) in [6, 6.07) is 0.720. The van der Waals surface area contributed by atoms with Gasteiger partial charge in [-0.15, -0.1) is 0 Å². The van der Waals surface area contributed by atoms with E-state index in [1.54, 1.807) is 0 Å². The summed E-state index contributed by atoms with van der Waals surface area (Å²) in [6.07, 6.45) is 0.807. The molecule has 1 atom stereocenters. The Morgan fingerprint density at radius 1 is 1.44 bits per heavy atom. The van der Waals surface area contributed by atoms with Crippen LogP contribution in [0.3, 0.4) is 0 Å². The van der Waals surface area contributed by atoms with Gasteiger partial charge >= 0.3 is 6.01 Å². The Morgan fingerprint density at radius 3 is 2.62 bits per heavy atom. The first-order chi connectivity index (χ1) is 7.51. The van der Waals surface area contributed by atoms with Gasteiger partial charge in [0, 0.05) is 12.6 Å². The predicted molar refractivity (Wildman–Crippen MR) is 62.3 cm³/mol. The highest BCUT2D eigenvalue weighted by Gasteiger charge is 2.30. The van der Waals surface area contributed by atoms with E-state index in [1.165, 1.54) is 0 Å². The highest BCUT2D eigenvalue weighted by molar-refractivity contribution is 5.21. The summed E-state index contributed by atoms with van der Waals surface area (Å²) in [5, 5.41) is 7.02. The van der Waals surface area contributed by atoms with Gasteiger partial charge in [-0.1, -0.05) is 12.1 Å². The van der Waals surface area contributed by atoms with E-state index in [0.29, 0.717) is 18.4 Å². The molecule has 16 heavy (non-hydrogen) atoms. The molecule has 0 bridgehead atoms. The number of aromatic nitrogens is 2. The number of hydrogen-bond acceptors (Lipinski definition) is 5. The van der Waals surface area contributed by atoms with E-state index in [2.05, 4.69) is 15.5 Å². The zero-order valence-corrected chi connectivity index (χ0v) is 10.7. The average molecular weight is 227 g/mol. The van der Waals surface area contributed by atoms with E-state index < -0.39 is 5.60 Å². The fourth-order valence-corrected chi connectivity index (χ4v) is 1.39. The van der Waals surface area contributed by atoms with Gasteiger partial charge in [-0.25, -0.2) is 0 Å². The lowest BCUT2D eigenvalue weighted by Crippen LogP contribution is -2.26. The molecule has 5 nitrogen and oxygen atoms in total. The molecule has 1 unspecified atom stereocenters. The fraction of sp³-hybridized carbons (Fsp3) is 0.818. The summed E-state index contributed by atoms with van der Waals surface area (Å²) < 4.78 is 10.8. The van der Waals surface area contributed by atoms with Gasteiger partial charge < -0.3 is 14.6 Å². The monoisotopic (exact) mass is 227 g/mol. The van der Waals surface area contributed by atoms with Gasteiger partial charge in [0.15, 0.2) is 0 Å². The first kappa shape index (κ1) is 13.0. The summed E-state index contributed by atoms with van der Waals surface area (Å²) in [4.78, 5) is 4.30. The molecule has 0 radical (unpaired) electrons. The van der Waals surface area contributed by atoms with Crippen molar-refractivity contribution in [2.75, 3.05) is 11.9 Å². The second-order valence-electron chi connectivity index (χ2n) is 4.24. The lowest BCUT2D eigenvalue weighted by molar-refractivity contribution is -0.0403. The van der Waals surface area contributed by atoms with Crippen molar-refractivity contribution in [3.63, 3.8) is 0 Å². The molecule has 0 aliphatic carbocycles. The van der Waals surface area contributed by atoms with E-state index in [4.69, 9.17) is 9.26 Å². The minimum absolute atomic E-state index is 0.272. The Hall–Kier alpha value is -1.10. The van der Waals surface area contributed by atoms with Crippen LogP contribution in [0.5, 0.6) is 0 Å². The summed E-state index contributed by atoms with van der Waals surface area (Å²) in [6.45, 7) is 10.6. The van der Waals surface area contributed by atoms with Gasteiger partial charge in [0.2, 0.25) is 5.82 Å². The maximum absolute atomic E-state index is 5.67. The minimum Gasteiger partial charge on any atom is -0.367 e. The molecule has 1 heterocycles. The summed E-state index contributed by atoms with van der Waals surface area (Å²) >= 11 is 0. The van der Waals surface area contributed by atoms with E-state index in [1.807, 2.05) is 34.6 Å². The van der Waals surface area contributed by atoms with Crippen molar-refractivity contribution in [3.05, 3.63) is 5.82 Å². The number of hydrogen-bond donors (Lipinski definition) is 1. The fourth-order valence-electron chi connectivity index (χ4n) is 1.39. The molecule has 1 aromatic rings. The van der Waals surface area contributed by atoms with Crippen molar-refractivity contribution in [1.29, 1.82) is 0 Å². The Morgan fingerprint density at radius 2 is 2.12 bits per heavy atom. The van der Waals surface area contributed by atoms with Crippen LogP contribution in [0.1, 0.15) is 46.9 Å². The first-order valence-corrected chi connectivity index (χ1v) is 5.76. The number of ether oxygens (including phenoxy) is 1. The number of rotatable bonds is 6. The van der Waals surface area contributed by atoms with Crippen LogP contribution in [0.4, 0.5) is 6.01 Å². The quantitative estimate of drug-likeness (QED) is 0.809. The Bertz CT molecular complexity index is 325. The maximum atomic E-state index is 5.67. The van der Waals surface area contributed by atoms with Gasteiger partial charge in [0.05, 0.1) is 0 Å². The lowest BCUT2D eigenvalue weighted by Gasteiger charge is -2.23. The molecule has 0 aromatic carbocycles. The standard InChI is InChI=1S/C11H21N3O2/c1-6-11(5,15-7-2)9-13-10(16-14-9)12-8(3)4/h8H,6-7H2,1-5H3,(H,12,13,14). The molecule has 0 spiro atoms. The van der Waals surface area contributed by atoms with Crippen molar-refractivity contribution in [3.8, 4) is 0 Å². The molecule has 1 rings (SSSR count). The van der Waals surface area contributed by atoms with E-state index in [0.717, 1.165) is 6.42 Å². The first-order valence-electron chi connectivity index (χ1n) is 5.76. The number of anilines is 1. The zero-order chi connectivity index (χ0) is 12.2.